The van der Waals surface area contributed by atoms with Gasteiger partial charge in [-0.25, -0.2) is 14.6 Å². The maximum absolute atomic E-state index is 14.0. The van der Waals surface area contributed by atoms with Crippen LogP contribution in [0.15, 0.2) is 59.7 Å². The van der Waals surface area contributed by atoms with Crippen molar-refractivity contribution in [2.45, 2.75) is 59.0 Å². The van der Waals surface area contributed by atoms with Crippen LogP contribution in [0, 0.1) is 6.92 Å². The van der Waals surface area contributed by atoms with E-state index in [2.05, 4.69) is 29.9 Å². The highest BCUT2D eigenvalue weighted by atomic mass is 16.3. The number of aromatic nitrogens is 5. The van der Waals surface area contributed by atoms with Crippen molar-refractivity contribution >= 4 is 27.6 Å². The van der Waals surface area contributed by atoms with Crippen LogP contribution in [-0.2, 0) is 6.54 Å². The van der Waals surface area contributed by atoms with Gasteiger partial charge in [0.25, 0.3) is 5.56 Å². The molecule has 5 rings (SSSR count). The summed E-state index contributed by atoms with van der Waals surface area (Å²) in [6, 6.07) is 15.0. The average Bonchev–Trinajstić information content (AvgIpc) is 3.25. The van der Waals surface area contributed by atoms with Crippen molar-refractivity contribution in [1.82, 2.24) is 24.3 Å². The monoisotopic (exact) mass is 496 g/mol. The lowest BCUT2D eigenvalue weighted by molar-refractivity contribution is 0.410. The van der Waals surface area contributed by atoms with Crippen molar-refractivity contribution in [2.24, 2.45) is 0 Å². The second-order valence-corrected chi connectivity index (χ2v) is 9.57. The van der Waals surface area contributed by atoms with E-state index in [0.29, 0.717) is 34.7 Å². The first-order chi connectivity index (χ1) is 17.9. The molecule has 3 heterocycles. The second kappa shape index (κ2) is 10.0. The van der Waals surface area contributed by atoms with Gasteiger partial charge in [-0.3, -0.25) is 4.79 Å². The van der Waals surface area contributed by atoms with Crippen LogP contribution in [0.1, 0.15) is 56.8 Å². The summed E-state index contributed by atoms with van der Waals surface area (Å²) in [5.74, 6) is 0.451. The van der Waals surface area contributed by atoms with Crippen LogP contribution in [0.5, 0.6) is 5.75 Å². The number of aromatic hydroxyl groups is 1. The number of nitrogens with zero attached hydrogens (tertiary/aromatic N) is 5. The number of unbranched alkanes of at least 4 members (excludes halogenated alkanes) is 1. The molecule has 8 heteroatoms. The predicted molar refractivity (Wildman–Crippen MR) is 148 cm³/mol. The van der Waals surface area contributed by atoms with E-state index in [1.54, 1.807) is 22.9 Å². The Morgan fingerprint density at radius 3 is 2.62 bits per heavy atom. The topological polar surface area (TPSA) is 112 Å². The summed E-state index contributed by atoms with van der Waals surface area (Å²) >= 11 is 0. The fourth-order valence-corrected chi connectivity index (χ4v) is 5.23. The Balaban J connectivity index is 1.73. The molecule has 1 atom stereocenters. The number of anilines is 1. The van der Waals surface area contributed by atoms with Gasteiger partial charge in [0.1, 0.15) is 23.6 Å². The van der Waals surface area contributed by atoms with Crippen molar-refractivity contribution in [3.8, 4) is 17.0 Å². The van der Waals surface area contributed by atoms with Crippen LogP contribution in [0.2, 0.25) is 0 Å². The number of hydrogen-bond donors (Lipinski definition) is 2. The summed E-state index contributed by atoms with van der Waals surface area (Å²) in [5, 5.41) is 17.3. The van der Waals surface area contributed by atoms with Crippen molar-refractivity contribution in [1.29, 1.82) is 0 Å². The third kappa shape index (κ3) is 4.43. The van der Waals surface area contributed by atoms with Gasteiger partial charge in [-0.15, -0.1) is 0 Å². The highest BCUT2D eigenvalue weighted by molar-refractivity contribution is 5.98. The maximum Gasteiger partial charge on any atom is 0.259 e. The minimum absolute atomic E-state index is 0.0346. The van der Waals surface area contributed by atoms with Gasteiger partial charge in [0.2, 0.25) is 0 Å². The van der Waals surface area contributed by atoms with Crippen LogP contribution >= 0.6 is 0 Å². The minimum Gasteiger partial charge on any atom is -0.508 e. The molecular weight excluding hydrogens is 464 g/mol. The molecule has 0 aliphatic carbocycles. The molecule has 5 aromatic rings. The van der Waals surface area contributed by atoms with Crippen LogP contribution < -0.4 is 11.3 Å². The standard InChI is InChI=1S/C29H32N6O2/c1-4-6-12-21(5-2)35-22(14-19-10-7-9-18(3)24(19)29(35)37)16-34-28-25(27(30)31-17-32-28)26(33-34)20-11-8-13-23(36)15-20/h7-11,13-15,17,21,36H,4-6,12,16H2,1-3H3,(H2,30,31,32). The van der Waals surface area contributed by atoms with E-state index in [1.165, 1.54) is 6.33 Å². The normalized spacial score (nSPS) is 12.4. The first kappa shape index (κ1) is 24.5. The summed E-state index contributed by atoms with van der Waals surface area (Å²) in [6.07, 6.45) is 5.33. The molecule has 0 fully saturated rings. The van der Waals surface area contributed by atoms with Crippen molar-refractivity contribution in [3.05, 3.63) is 76.5 Å². The third-order valence-corrected chi connectivity index (χ3v) is 7.09. The Hall–Kier alpha value is -4.20. The van der Waals surface area contributed by atoms with Gasteiger partial charge in [0, 0.05) is 17.3 Å². The van der Waals surface area contributed by atoms with Gasteiger partial charge in [-0.1, -0.05) is 57.0 Å². The number of benzene rings is 2. The van der Waals surface area contributed by atoms with E-state index in [1.807, 2.05) is 35.8 Å². The zero-order valence-corrected chi connectivity index (χ0v) is 21.5. The number of nitrogens with two attached hydrogens (primary N) is 1. The summed E-state index contributed by atoms with van der Waals surface area (Å²) in [4.78, 5) is 22.7. The summed E-state index contributed by atoms with van der Waals surface area (Å²) in [7, 11) is 0. The zero-order valence-electron chi connectivity index (χ0n) is 21.5. The number of nitrogen functional groups attached to an aromatic ring is 1. The number of pyridine rings is 1. The van der Waals surface area contributed by atoms with Gasteiger partial charge in [0.05, 0.1) is 17.3 Å². The number of phenolic OH excluding ortho intramolecular Hbond substituents is 1. The number of hydrogen-bond acceptors (Lipinski definition) is 6. The zero-order chi connectivity index (χ0) is 26.1. The van der Waals surface area contributed by atoms with Crippen molar-refractivity contribution < 1.29 is 5.11 Å². The van der Waals surface area contributed by atoms with E-state index < -0.39 is 0 Å². The Labute approximate surface area is 215 Å². The van der Waals surface area contributed by atoms with E-state index >= 15 is 0 Å². The number of rotatable bonds is 8. The van der Waals surface area contributed by atoms with Gasteiger partial charge in [-0.2, -0.15) is 5.10 Å². The van der Waals surface area contributed by atoms with Crippen molar-refractivity contribution in [3.63, 3.8) is 0 Å². The fourth-order valence-electron chi connectivity index (χ4n) is 5.23. The highest BCUT2D eigenvalue weighted by Gasteiger charge is 2.22. The number of phenols is 1. The molecule has 2 aromatic carbocycles. The van der Waals surface area contributed by atoms with Crippen LogP contribution in [-0.4, -0.2) is 29.4 Å². The molecule has 0 spiro atoms. The Kier molecular flexibility index (Phi) is 6.65. The highest BCUT2D eigenvalue weighted by Crippen LogP contribution is 2.32. The van der Waals surface area contributed by atoms with Gasteiger partial charge in [-0.05, 0) is 48.9 Å². The smallest absolute Gasteiger partial charge is 0.259 e. The summed E-state index contributed by atoms with van der Waals surface area (Å²) in [6.45, 7) is 6.64. The molecule has 8 nitrogen and oxygen atoms in total. The molecule has 3 aromatic heterocycles. The fraction of sp³-hybridized carbons (Fsp3) is 0.310. The molecule has 37 heavy (non-hydrogen) atoms. The minimum atomic E-state index is 0.0346. The largest absolute Gasteiger partial charge is 0.508 e. The molecule has 0 saturated carbocycles. The molecule has 0 bridgehead atoms. The van der Waals surface area contributed by atoms with Crippen LogP contribution in [0.3, 0.4) is 0 Å². The van der Waals surface area contributed by atoms with E-state index in [4.69, 9.17) is 10.8 Å². The number of aryl methyl sites for hydroxylation is 1. The quantitative estimate of drug-likeness (QED) is 0.289. The predicted octanol–water partition coefficient (Wildman–Crippen LogP) is 5.59. The van der Waals surface area contributed by atoms with Gasteiger partial charge in [0.15, 0.2) is 5.65 Å². The third-order valence-electron chi connectivity index (χ3n) is 7.09. The Bertz CT molecular complexity index is 1650. The molecule has 0 saturated heterocycles. The summed E-state index contributed by atoms with van der Waals surface area (Å²) < 4.78 is 3.75. The molecule has 0 aliphatic rings. The average molecular weight is 497 g/mol. The Morgan fingerprint density at radius 2 is 1.86 bits per heavy atom. The molecule has 0 amide bonds. The van der Waals surface area contributed by atoms with Gasteiger partial charge >= 0.3 is 0 Å². The van der Waals surface area contributed by atoms with Crippen LogP contribution in [0.25, 0.3) is 33.1 Å². The molecule has 1 unspecified atom stereocenters. The first-order valence-electron chi connectivity index (χ1n) is 12.8. The van der Waals surface area contributed by atoms with E-state index in [9.17, 15) is 9.90 Å². The lowest BCUT2D eigenvalue weighted by Gasteiger charge is -2.23. The molecule has 0 aliphatic heterocycles. The van der Waals surface area contributed by atoms with Crippen molar-refractivity contribution in [2.75, 3.05) is 5.73 Å². The van der Waals surface area contributed by atoms with E-state index in [-0.39, 0.29) is 17.4 Å². The Morgan fingerprint density at radius 1 is 1.05 bits per heavy atom. The molecule has 190 valence electrons. The molecule has 0 radical (unpaired) electrons. The second-order valence-electron chi connectivity index (χ2n) is 9.57. The SMILES string of the molecule is CCCCC(CC)n1c(Cn2nc(-c3cccc(O)c3)c3c(N)ncnc32)cc2cccc(C)c2c1=O. The maximum atomic E-state index is 14.0. The number of fused-ring (bicyclic) bond motifs is 2. The lowest BCUT2D eigenvalue weighted by Crippen LogP contribution is -2.29. The first-order valence-corrected chi connectivity index (χ1v) is 12.8. The lowest BCUT2D eigenvalue weighted by atomic mass is 10.0. The van der Waals surface area contributed by atoms with Gasteiger partial charge < -0.3 is 15.4 Å². The van der Waals surface area contributed by atoms with E-state index in [0.717, 1.165) is 47.7 Å². The van der Waals surface area contributed by atoms with Crippen LogP contribution in [0.4, 0.5) is 5.82 Å². The molecule has 3 N–H and O–H groups in total. The summed E-state index contributed by atoms with van der Waals surface area (Å²) in [5.41, 5.74) is 10.1. The molecular formula is C29H32N6O2.